The van der Waals surface area contributed by atoms with Crippen LogP contribution in [0, 0.1) is 0 Å². The van der Waals surface area contributed by atoms with Crippen LogP contribution < -0.4 is 0 Å². The van der Waals surface area contributed by atoms with Gasteiger partial charge in [0.25, 0.3) is 0 Å². The molecule has 0 rings (SSSR count). The number of hydrogen-bond acceptors (Lipinski definition) is 2. The smallest absolute Gasteiger partial charge is 0.379 e. The molecule has 0 aromatic carbocycles. The van der Waals surface area contributed by atoms with Crippen LogP contribution in [-0.2, 0) is 4.74 Å². The standard InChI is InChI=1S/C11H22F3NO/c1-10(2,16-4)7-9-15(3)8-5-6-11(12,13)14/h5-9H2,1-4H3. The minimum atomic E-state index is -4.04. The zero-order valence-corrected chi connectivity index (χ0v) is 10.5. The molecule has 5 heteroatoms. The van der Waals surface area contributed by atoms with Crippen LogP contribution in [0.2, 0.25) is 0 Å². The highest BCUT2D eigenvalue weighted by Gasteiger charge is 2.26. The predicted molar refractivity (Wildman–Crippen MR) is 58.5 cm³/mol. The van der Waals surface area contributed by atoms with Crippen molar-refractivity contribution in [2.75, 3.05) is 27.2 Å². The number of hydrogen-bond donors (Lipinski definition) is 0. The molecule has 0 N–H and O–H groups in total. The van der Waals surface area contributed by atoms with E-state index in [1.807, 2.05) is 25.8 Å². The number of ether oxygens (including phenoxy) is 1. The van der Waals surface area contributed by atoms with E-state index in [2.05, 4.69) is 0 Å². The van der Waals surface area contributed by atoms with Crippen LogP contribution >= 0.6 is 0 Å². The van der Waals surface area contributed by atoms with Gasteiger partial charge in [-0.3, -0.25) is 0 Å². The van der Waals surface area contributed by atoms with Crippen molar-refractivity contribution in [1.82, 2.24) is 4.90 Å². The van der Waals surface area contributed by atoms with Gasteiger partial charge in [-0.05, 0) is 40.3 Å². The average Bonchev–Trinajstić information content (AvgIpc) is 2.13. The summed E-state index contributed by atoms with van der Waals surface area (Å²) in [5.41, 5.74) is -0.210. The first-order chi connectivity index (χ1) is 7.16. The molecule has 0 saturated carbocycles. The minimum Gasteiger partial charge on any atom is -0.379 e. The molecule has 0 atom stereocenters. The van der Waals surface area contributed by atoms with Crippen molar-refractivity contribution in [3.8, 4) is 0 Å². The lowest BCUT2D eigenvalue weighted by molar-refractivity contribution is -0.136. The van der Waals surface area contributed by atoms with Crippen molar-refractivity contribution in [1.29, 1.82) is 0 Å². The van der Waals surface area contributed by atoms with Gasteiger partial charge < -0.3 is 9.64 Å². The minimum absolute atomic E-state index is 0.160. The highest BCUT2D eigenvalue weighted by atomic mass is 19.4. The van der Waals surface area contributed by atoms with E-state index >= 15 is 0 Å². The number of halogens is 3. The van der Waals surface area contributed by atoms with E-state index in [0.717, 1.165) is 13.0 Å². The van der Waals surface area contributed by atoms with Crippen molar-refractivity contribution in [2.24, 2.45) is 0 Å². The molecule has 0 aromatic rings. The fraction of sp³-hybridized carbons (Fsp3) is 1.00. The molecule has 0 spiro atoms. The summed E-state index contributed by atoms with van der Waals surface area (Å²) in [6, 6.07) is 0. The molecule has 0 aliphatic rings. The first-order valence-corrected chi connectivity index (χ1v) is 5.47. The van der Waals surface area contributed by atoms with Crippen LogP contribution in [0.3, 0.4) is 0 Å². The van der Waals surface area contributed by atoms with Crippen molar-refractivity contribution >= 4 is 0 Å². The number of rotatable bonds is 7. The first-order valence-electron chi connectivity index (χ1n) is 5.47. The molecule has 98 valence electrons. The molecule has 0 fully saturated rings. The summed E-state index contributed by atoms with van der Waals surface area (Å²) in [4.78, 5) is 1.91. The van der Waals surface area contributed by atoms with Gasteiger partial charge in [0.2, 0.25) is 0 Å². The van der Waals surface area contributed by atoms with Gasteiger partial charge in [-0.15, -0.1) is 0 Å². The summed E-state index contributed by atoms with van der Waals surface area (Å²) in [5, 5.41) is 0. The maximum Gasteiger partial charge on any atom is 0.389 e. The second kappa shape index (κ2) is 6.45. The summed E-state index contributed by atoms with van der Waals surface area (Å²) < 4.78 is 40.9. The summed E-state index contributed by atoms with van der Waals surface area (Å²) in [5.74, 6) is 0. The second-order valence-corrected chi connectivity index (χ2v) is 4.74. The molecule has 0 aliphatic heterocycles. The molecule has 0 radical (unpaired) electrons. The van der Waals surface area contributed by atoms with Crippen LogP contribution in [0.25, 0.3) is 0 Å². The van der Waals surface area contributed by atoms with Crippen molar-refractivity contribution in [3.63, 3.8) is 0 Å². The summed E-state index contributed by atoms with van der Waals surface area (Å²) in [6.45, 7) is 5.16. The Morgan fingerprint density at radius 3 is 2.06 bits per heavy atom. The lowest BCUT2D eigenvalue weighted by Gasteiger charge is -2.26. The van der Waals surface area contributed by atoms with Gasteiger partial charge in [-0.25, -0.2) is 0 Å². The topological polar surface area (TPSA) is 12.5 Å². The Hall–Kier alpha value is -0.290. The lowest BCUT2D eigenvalue weighted by Crippen LogP contribution is -2.31. The molecule has 0 unspecified atom stereocenters. The van der Waals surface area contributed by atoms with Gasteiger partial charge in [0.15, 0.2) is 0 Å². The lowest BCUT2D eigenvalue weighted by atomic mass is 10.1. The third-order valence-electron chi connectivity index (χ3n) is 2.65. The molecule has 16 heavy (non-hydrogen) atoms. The van der Waals surface area contributed by atoms with E-state index in [9.17, 15) is 13.2 Å². The number of nitrogens with zero attached hydrogens (tertiary/aromatic N) is 1. The second-order valence-electron chi connectivity index (χ2n) is 4.74. The highest BCUT2D eigenvalue weighted by Crippen LogP contribution is 2.21. The van der Waals surface area contributed by atoms with E-state index in [0.29, 0.717) is 6.54 Å². The predicted octanol–water partition coefficient (Wildman–Crippen LogP) is 3.08. The maximum atomic E-state index is 11.9. The highest BCUT2D eigenvalue weighted by molar-refractivity contribution is 4.69. The van der Waals surface area contributed by atoms with Gasteiger partial charge in [0, 0.05) is 20.1 Å². The zero-order valence-electron chi connectivity index (χ0n) is 10.5. The fourth-order valence-electron chi connectivity index (χ4n) is 1.22. The van der Waals surface area contributed by atoms with E-state index in [1.165, 1.54) is 0 Å². The Morgan fingerprint density at radius 1 is 1.06 bits per heavy atom. The molecule has 0 saturated heterocycles. The quantitative estimate of drug-likeness (QED) is 0.679. The van der Waals surface area contributed by atoms with E-state index in [-0.39, 0.29) is 12.0 Å². The van der Waals surface area contributed by atoms with E-state index < -0.39 is 12.6 Å². The molecule has 0 aromatic heterocycles. The third kappa shape index (κ3) is 8.97. The van der Waals surface area contributed by atoms with Crippen molar-refractivity contribution in [3.05, 3.63) is 0 Å². The van der Waals surface area contributed by atoms with Crippen molar-refractivity contribution in [2.45, 2.75) is 44.9 Å². The molecule has 2 nitrogen and oxygen atoms in total. The molecular formula is C11H22F3NO. The molecule has 0 amide bonds. The van der Waals surface area contributed by atoms with Crippen LogP contribution in [0.4, 0.5) is 13.2 Å². The summed E-state index contributed by atoms with van der Waals surface area (Å²) in [7, 11) is 3.48. The van der Waals surface area contributed by atoms with Gasteiger partial charge in [0.05, 0.1) is 5.60 Å². The third-order valence-corrected chi connectivity index (χ3v) is 2.65. The van der Waals surface area contributed by atoms with Gasteiger partial charge >= 0.3 is 6.18 Å². The monoisotopic (exact) mass is 241 g/mol. The van der Waals surface area contributed by atoms with E-state index in [4.69, 9.17) is 4.74 Å². The molecular weight excluding hydrogens is 219 g/mol. The zero-order chi connectivity index (χ0) is 12.8. The van der Waals surface area contributed by atoms with Gasteiger partial charge in [-0.2, -0.15) is 13.2 Å². The first kappa shape index (κ1) is 15.7. The largest absolute Gasteiger partial charge is 0.389 e. The van der Waals surface area contributed by atoms with Gasteiger partial charge in [0.1, 0.15) is 0 Å². The molecule has 0 aliphatic carbocycles. The number of alkyl halides is 3. The normalized spacial score (nSPS) is 13.5. The van der Waals surface area contributed by atoms with Crippen LogP contribution in [-0.4, -0.2) is 43.9 Å². The summed E-state index contributed by atoms with van der Waals surface area (Å²) in [6.07, 6.45) is -3.77. The van der Waals surface area contributed by atoms with E-state index in [1.54, 1.807) is 7.11 Å². The fourth-order valence-corrected chi connectivity index (χ4v) is 1.22. The molecule has 0 bridgehead atoms. The Bertz CT molecular complexity index is 192. The van der Waals surface area contributed by atoms with Crippen LogP contribution in [0.5, 0.6) is 0 Å². The van der Waals surface area contributed by atoms with Crippen molar-refractivity contribution < 1.29 is 17.9 Å². The SMILES string of the molecule is COC(C)(C)CCN(C)CCCC(F)(F)F. The van der Waals surface area contributed by atoms with Crippen LogP contribution in [0.15, 0.2) is 0 Å². The Morgan fingerprint density at radius 2 is 1.62 bits per heavy atom. The van der Waals surface area contributed by atoms with Crippen LogP contribution in [0.1, 0.15) is 33.1 Å². The van der Waals surface area contributed by atoms with Gasteiger partial charge in [-0.1, -0.05) is 0 Å². The summed E-state index contributed by atoms with van der Waals surface area (Å²) >= 11 is 0. The Kier molecular flexibility index (Phi) is 6.33. The Balaban J connectivity index is 3.64. The number of methoxy groups -OCH3 is 1. The molecule has 0 heterocycles. The Labute approximate surface area is 95.8 Å². The maximum absolute atomic E-state index is 11.9. The average molecular weight is 241 g/mol.